The van der Waals surface area contributed by atoms with Gasteiger partial charge in [-0.25, -0.2) is 4.79 Å². The van der Waals surface area contributed by atoms with Crippen LogP contribution in [0, 0.1) is 10.8 Å². The molecule has 33 heavy (non-hydrogen) atoms. The van der Waals surface area contributed by atoms with Crippen LogP contribution >= 0.6 is 0 Å². The predicted octanol–water partition coefficient (Wildman–Crippen LogP) is 1.99. The van der Waals surface area contributed by atoms with Gasteiger partial charge >= 0.3 is 11.9 Å². The minimum atomic E-state index is -1.01. The first-order valence-electron chi connectivity index (χ1n) is 11.6. The molecule has 8 atom stereocenters. The summed E-state index contributed by atoms with van der Waals surface area (Å²) in [5.74, 6) is -0.867. The largest absolute Gasteiger partial charge is 0.465 e. The van der Waals surface area contributed by atoms with Crippen molar-refractivity contribution < 1.29 is 38.7 Å². The van der Waals surface area contributed by atoms with E-state index in [2.05, 4.69) is 19.9 Å². The highest BCUT2D eigenvalue weighted by atomic mass is 16.6. The summed E-state index contributed by atoms with van der Waals surface area (Å²) in [6.07, 6.45) is 7.04. The Morgan fingerprint density at radius 3 is 2.70 bits per heavy atom. The number of allylic oxidation sites excluding steroid dienone is 3. The Morgan fingerprint density at radius 1 is 1.33 bits per heavy atom. The van der Waals surface area contributed by atoms with E-state index in [9.17, 15) is 19.8 Å². The zero-order valence-corrected chi connectivity index (χ0v) is 19.7. The van der Waals surface area contributed by atoms with Crippen LogP contribution < -0.4 is 0 Å². The van der Waals surface area contributed by atoms with Gasteiger partial charge < -0.3 is 29.2 Å². The van der Waals surface area contributed by atoms with Gasteiger partial charge in [0.25, 0.3) is 0 Å². The number of aliphatic hydroxyl groups is 2. The van der Waals surface area contributed by atoms with Crippen LogP contribution in [-0.4, -0.2) is 71.5 Å². The summed E-state index contributed by atoms with van der Waals surface area (Å²) in [7, 11) is 0. The summed E-state index contributed by atoms with van der Waals surface area (Å²) in [6, 6.07) is 0. The summed E-state index contributed by atoms with van der Waals surface area (Å²) in [6.45, 7) is 7.74. The molecule has 0 aromatic heterocycles. The van der Waals surface area contributed by atoms with E-state index in [1.807, 2.05) is 0 Å². The van der Waals surface area contributed by atoms with E-state index < -0.39 is 40.7 Å². The molecule has 4 aliphatic rings. The lowest BCUT2D eigenvalue weighted by molar-refractivity contribution is -0.232. The van der Waals surface area contributed by atoms with Crippen molar-refractivity contribution in [1.82, 2.24) is 0 Å². The summed E-state index contributed by atoms with van der Waals surface area (Å²) in [5, 5.41) is 18.9. The second-order valence-corrected chi connectivity index (χ2v) is 10.0. The van der Waals surface area contributed by atoms with Crippen molar-refractivity contribution in [2.24, 2.45) is 10.8 Å². The van der Waals surface area contributed by atoms with Crippen molar-refractivity contribution >= 4 is 11.9 Å². The third-order valence-corrected chi connectivity index (χ3v) is 8.16. The van der Waals surface area contributed by atoms with Gasteiger partial charge in [0, 0.05) is 24.8 Å². The zero-order valence-electron chi connectivity index (χ0n) is 19.7. The number of hydrogen-bond donors (Lipinski definition) is 2. The molecule has 8 heteroatoms. The van der Waals surface area contributed by atoms with Crippen LogP contribution in [0.4, 0.5) is 0 Å². The standard InChI is InChI=1S/C25H34O8/c1-15-9-10-24(13-30-17(3)27)20(11-15)32-21-12-19(23(24,4)25(21)14-31-25)33-22(29)8-6-5-7-18(28)16(2)26/h5-8,11,16,18-21,26,28H,9-10,12-14H2,1-4H3/b7-5+,8-6-/t16-,18+,19-,20-,21-,23-,24-,25+/m1/s1. The number of fused-ring (bicyclic) bond motifs is 2. The lowest BCUT2D eigenvalue weighted by atomic mass is 9.51. The highest BCUT2D eigenvalue weighted by Crippen LogP contribution is 2.72. The molecule has 2 N–H and O–H groups in total. The minimum Gasteiger partial charge on any atom is -0.465 e. The van der Waals surface area contributed by atoms with Gasteiger partial charge in [0.1, 0.15) is 18.3 Å². The van der Waals surface area contributed by atoms with Crippen LogP contribution in [0.25, 0.3) is 0 Å². The lowest BCUT2D eigenvalue weighted by Gasteiger charge is -2.58. The molecule has 2 aliphatic heterocycles. The number of rotatable bonds is 7. The number of ether oxygens (including phenoxy) is 4. The maximum absolute atomic E-state index is 12.7. The molecule has 2 heterocycles. The molecule has 2 aliphatic carbocycles. The predicted molar refractivity (Wildman–Crippen MR) is 118 cm³/mol. The molecule has 8 nitrogen and oxygen atoms in total. The molecule has 1 spiro atoms. The van der Waals surface area contributed by atoms with Gasteiger partial charge in [0.2, 0.25) is 0 Å². The molecule has 2 saturated heterocycles. The van der Waals surface area contributed by atoms with Crippen molar-refractivity contribution in [3.05, 3.63) is 36.0 Å². The molecule has 0 radical (unpaired) electrons. The molecular formula is C25H34O8. The number of carbonyl (C=O) groups is 2. The van der Waals surface area contributed by atoms with E-state index in [0.717, 1.165) is 12.8 Å². The van der Waals surface area contributed by atoms with Crippen LogP contribution in [0.2, 0.25) is 0 Å². The number of epoxide rings is 1. The SMILES string of the molecule is CC(=O)OC[C@]12CCC(C)=C[C@H]1O[C@@H]1C[C@@H](OC(=O)/C=C\C=C\[C@H](O)[C@@H](C)O)[C@@]2(C)[C@]12CO2. The summed E-state index contributed by atoms with van der Waals surface area (Å²) < 4.78 is 24.1. The highest BCUT2D eigenvalue weighted by molar-refractivity contribution is 5.82. The van der Waals surface area contributed by atoms with Gasteiger partial charge in [-0.05, 0) is 26.7 Å². The van der Waals surface area contributed by atoms with Crippen molar-refractivity contribution in [2.45, 2.75) is 83.1 Å². The van der Waals surface area contributed by atoms with Gasteiger partial charge in [-0.3, -0.25) is 4.79 Å². The molecule has 4 rings (SSSR count). The first kappa shape index (κ1) is 24.1. The maximum atomic E-state index is 12.7. The van der Waals surface area contributed by atoms with Crippen LogP contribution in [0.3, 0.4) is 0 Å². The van der Waals surface area contributed by atoms with Crippen molar-refractivity contribution in [1.29, 1.82) is 0 Å². The van der Waals surface area contributed by atoms with Gasteiger partial charge in [0.15, 0.2) is 0 Å². The first-order chi connectivity index (χ1) is 15.6. The molecule has 1 saturated carbocycles. The Labute approximate surface area is 194 Å². The molecule has 0 unspecified atom stereocenters. The van der Waals surface area contributed by atoms with Gasteiger partial charge in [-0.15, -0.1) is 0 Å². The van der Waals surface area contributed by atoms with E-state index in [-0.39, 0.29) is 24.8 Å². The second kappa shape index (κ2) is 8.65. The Balaban J connectivity index is 1.59. The van der Waals surface area contributed by atoms with E-state index in [4.69, 9.17) is 18.9 Å². The monoisotopic (exact) mass is 462 g/mol. The van der Waals surface area contributed by atoms with Crippen LogP contribution in [-0.2, 0) is 28.5 Å². The molecule has 0 aromatic rings. The number of carbonyl (C=O) groups excluding carboxylic acids is 2. The summed E-state index contributed by atoms with van der Waals surface area (Å²) in [4.78, 5) is 24.4. The average molecular weight is 463 g/mol. The Bertz CT molecular complexity index is 885. The van der Waals surface area contributed by atoms with Gasteiger partial charge in [-0.1, -0.05) is 36.8 Å². The van der Waals surface area contributed by atoms with E-state index in [0.29, 0.717) is 13.0 Å². The Kier molecular flexibility index (Phi) is 6.33. The average Bonchev–Trinajstić information content (AvgIpc) is 3.53. The fourth-order valence-electron chi connectivity index (χ4n) is 6.02. The quantitative estimate of drug-likeness (QED) is 0.194. The normalized spacial score (nSPS) is 41.0. The number of aliphatic hydroxyl groups excluding tert-OH is 2. The van der Waals surface area contributed by atoms with Crippen LogP contribution in [0.15, 0.2) is 36.0 Å². The van der Waals surface area contributed by atoms with E-state index >= 15 is 0 Å². The molecule has 182 valence electrons. The lowest BCUT2D eigenvalue weighted by Crippen LogP contribution is -2.66. The van der Waals surface area contributed by atoms with E-state index in [1.54, 1.807) is 0 Å². The smallest absolute Gasteiger partial charge is 0.331 e. The maximum Gasteiger partial charge on any atom is 0.331 e. The molecular weight excluding hydrogens is 428 g/mol. The number of hydrogen-bond acceptors (Lipinski definition) is 8. The molecule has 3 fully saturated rings. The van der Waals surface area contributed by atoms with Crippen molar-refractivity contribution in [3.8, 4) is 0 Å². The molecule has 2 bridgehead atoms. The van der Waals surface area contributed by atoms with Crippen LogP contribution in [0.1, 0.15) is 47.0 Å². The molecule has 0 aromatic carbocycles. The fourth-order valence-corrected chi connectivity index (χ4v) is 6.02. The van der Waals surface area contributed by atoms with Gasteiger partial charge in [-0.2, -0.15) is 0 Å². The topological polar surface area (TPSA) is 115 Å². The third-order valence-electron chi connectivity index (χ3n) is 8.16. The summed E-state index contributed by atoms with van der Waals surface area (Å²) in [5.41, 5.74) is -0.491. The number of esters is 2. The van der Waals surface area contributed by atoms with Crippen molar-refractivity contribution in [3.63, 3.8) is 0 Å². The van der Waals surface area contributed by atoms with Crippen LogP contribution in [0.5, 0.6) is 0 Å². The minimum absolute atomic E-state index is 0.176. The Hall–Kier alpha value is -2.00. The fraction of sp³-hybridized carbons (Fsp3) is 0.680. The van der Waals surface area contributed by atoms with Gasteiger partial charge in [0.05, 0.1) is 36.4 Å². The zero-order chi connectivity index (χ0) is 24.0. The van der Waals surface area contributed by atoms with E-state index in [1.165, 1.54) is 43.7 Å². The first-order valence-corrected chi connectivity index (χ1v) is 11.6. The molecule has 0 amide bonds. The Morgan fingerprint density at radius 2 is 2.06 bits per heavy atom. The second-order valence-electron chi connectivity index (χ2n) is 10.0. The third kappa shape index (κ3) is 3.87. The summed E-state index contributed by atoms with van der Waals surface area (Å²) >= 11 is 0. The highest BCUT2D eigenvalue weighted by Gasteiger charge is 2.83. The van der Waals surface area contributed by atoms with Crippen molar-refractivity contribution in [2.75, 3.05) is 13.2 Å².